The third-order valence-corrected chi connectivity index (χ3v) is 1.90. The summed E-state index contributed by atoms with van der Waals surface area (Å²) in [6, 6.07) is 0. The van der Waals surface area contributed by atoms with Gasteiger partial charge in [0, 0.05) is 6.92 Å². The Morgan fingerprint density at radius 1 is 0.818 bits per heavy atom. The number of rotatable bonds is 5. The highest BCUT2D eigenvalue weighted by Crippen LogP contribution is 2.50. The van der Waals surface area contributed by atoms with E-state index >= 15 is 0 Å². The van der Waals surface area contributed by atoms with Gasteiger partial charge in [0.1, 0.15) is 0 Å². The van der Waals surface area contributed by atoms with Crippen molar-refractivity contribution < 1.29 is 62.6 Å². The van der Waals surface area contributed by atoms with Crippen molar-refractivity contribution in [3.05, 3.63) is 0 Å². The summed E-state index contributed by atoms with van der Waals surface area (Å²) in [7, 11) is 0. The molecule has 22 heavy (non-hydrogen) atoms. The third kappa shape index (κ3) is 4.10. The number of halogens is 11. The first-order valence-corrected chi connectivity index (χ1v) is 4.79. The Hall–Kier alpha value is -1.34. The van der Waals surface area contributed by atoms with E-state index in [-0.39, 0.29) is 0 Å². The summed E-state index contributed by atoms with van der Waals surface area (Å²) in [6.45, 7) is -2.32. The zero-order chi connectivity index (χ0) is 18.2. The van der Waals surface area contributed by atoms with E-state index in [4.69, 9.17) is 0 Å². The Morgan fingerprint density at radius 2 is 1.23 bits per heavy atom. The lowest BCUT2D eigenvalue weighted by Crippen LogP contribution is -2.60. The van der Waals surface area contributed by atoms with Crippen LogP contribution in [0.1, 0.15) is 6.92 Å². The molecule has 0 spiro atoms. The zero-order valence-corrected chi connectivity index (χ0v) is 10.1. The van der Waals surface area contributed by atoms with Gasteiger partial charge in [-0.2, -0.15) is 48.3 Å². The molecule has 0 amide bonds. The Morgan fingerprint density at radius 3 is 1.50 bits per heavy atom. The maximum atomic E-state index is 13.3. The summed E-state index contributed by atoms with van der Waals surface area (Å²) in [5, 5.41) is 0. The minimum Gasteiger partial charge on any atom is -0.459 e. The highest BCUT2D eigenvalue weighted by Gasteiger charge is 2.78. The van der Waals surface area contributed by atoms with Crippen LogP contribution in [0.4, 0.5) is 48.3 Å². The molecule has 0 saturated heterocycles. The van der Waals surface area contributed by atoms with Crippen LogP contribution in [0.15, 0.2) is 0 Å². The molecule has 0 aromatic heterocycles. The van der Waals surface area contributed by atoms with Gasteiger partial charge in [0.15, 0.2) is 6.61 Å². The van der Waals surface area contributed by atoms with E-state index in [0.29, 0.717) is 6.92 Å². The molecule has 0 bridgehead atoms. The Balaban J connectivity index is 5.61. The molecule has 0 fully saturated rings. The van der Waals surface area contributed by atoms with E-state index in [9.17, 15) is 53.1 Å². The smallest absolute Gasteiger partial charge is 0.459 e. The summed E-state index contributed by atoms with van der Waals surface area (Å²) in [6.07, 6.45) is -20.5. The van der Waals surface area contributed by atoms with Crippen LogP contribution in [0, 0.1) is 0 Å². The first-order chi connectivity index (χ1) is 9.37. The Kier molecular flexibility index (Phi) is 5.35. The van der Waals surface area contributed by atoms with Crippen LogP contribution in [-0.4, -0.2) is 42.8 Å². The summed E-state index contributed by atoms with van der Waals surface area (Å²) in [5.74, 6) is -14.6. The van der Waals surface area contributed by atoms with Crippen molar-refractivity contribution in [1.82, 2.24) is 0 Å². The van der Waals surface area contributed by atoms with E-state index in [1.54, 1.807) is 0 Å². The quantitative estimate of drug-likeness (QED) is 0.557. The maximum absolute atomic E-state index is 13.3. The number of ether oxygens (including phenoxy) is 2. The number of hydrogen-bond acceptors (Lipinski definition) is 3. The first-order valence-electron chi connectivity index (χ1n) is 4.79. The van der Waals surface area contributed by atoms with Crippen LogP contribution in [0.2, 0.25) is 0 Å². The number of carbonyl (C=O) groups is 1. The monoisotopic (exact) mass is 358 g/mol. The minimum atomic E-state index is -7.14. The molecule has 0 aliphatic heterocycles. The summed E-state index contributed by atoms with van der Waals surface area (Å²) < 4.78 is 141. The molecule has 0 radical (unpaired) electrons. The minimum absolute atomic E-state index is 0.388. The molecule has 0 aliphatic carbocycles. The van der Waals surface area contributed by atoms with E-state index in [1.807, 2.05) is 0 Å². The van der Waals surface area contributed by atoms with Crippen LogP contribution in [-0.2, 0) is 14.3 Å². The fourth-order valence-corrected chi connectivity index (χ4v) is 0.796. The largest absolute Gasteiger partial charge is 0.462 e. The lowest BCUT2D eigenvalue weighted by molar-refractivity contribution is -0.485. The molecule has 0 aromatic carbocycles. The number of alkyl halides is 11. The van der Waals surface area contributed by atoms with E-state index in [2.05, 4.69) is 9.47 Å². The number of esters is 1. The van der Waals surface area contributed by atoms with Gasteiger partial charge in [-0.05, 0) is 0 Å². The zero-order valence-electron chi connectivity index (χ0n) is 10.1. The van der Waals surface area contributed by atoms with E-state index in [0.717, 1.165) is 0 Å². The van der Waals surface area contributed by atoms with Gasteiger partial charge in [-0.15, -0.1) is 0 Å². The van der Waals surface area contributed by atoms with Crippen molar-refractivity contribution in [2.45, 2.75) is 37.2 Å². The van der Waals surface area contributed by atoms with Crippen molar-refractivity contribution in [3.8, 4) is 0 Å². The molecule has 1 unspecified atom stereocenters. The predicted molar refractivity (Wildman–Crippen MR) is 43.6 cm³/mol. The fraction of sp³-hybridized carbons (Fsp3) is 0.875. The van der Waals surface area contributed by atoms with Gasteiger partial charge in [0.05, 0.1) is 0 Å². The van der Waals surface area contributed by atoms with Crippen molar-refractivity contribution >= 4 is 5.97 Å². The molecule has 14 heteroatoms. The lowest BCUT2D eigenvalue weighted by atomic mass is 10.2. The molecule has 0 rings (SSSR count). The number of hydrogen-bond donors (Lipinski definition) is 0. The standard InChI is InChI=1S/C8H5F11O3/c1-3(20)21-2-4(9,6(12,13)14)22-8(18,19)5(10,11)7(15,16)17/h2H2,1H3. The van der Waals surface area contributed by atoms with Gasteiger partial charge in [0.25, 0.3) is 0 Å². The molecule has 0 aliphatic rings. The van der Waals surface area contributed by atoms with Crippen LogP contribution in [0.3, 0.4) is 0 Å². The second kappa shape index (κ2) is 5.70. The lowest BCUT2D eigenvalue weighted by Gasteiger charge is -2.34. The summed E-state index contributed by atoms with van der Waals surface area (Å²) in [4.78, 5) is 10.2. The molecule has 0 heterocycles. The fourth-order valence-electron chi connectivity index (χ4n) is 0.796. The molecule has 1 atom stereocenters. The predicted octanol–water partition coefficient (Wildman–Crippen LogP) is 3.58. The topological polar surface area (TPSA) is 35.5 Å². The number of carbonyl (C=O) groups excluding carboxylic acids is 1. The molecule has 0 saturated carbocycles. The van der Waals surface area contributed by atoms with Gasteiger partial charge in [-0.1, -0.05) is 0 Å². The van der Waals surface area contributed by atoms with Crippen molar-refractivity contribution in [2.75, 3.05) is 6.61 Å². The van der Waals surface area contributed by atoms with Crippen LogP contribution >= 0.6 is 0 Å². The van der Waals surface area contributed by atoms with Gasteiger partial charge in [-0.25, -0.2) is 0 Å². The normalized spacial score (nSPS) is 17.1. The van der Waals surface area contributed by atoms with E-state index in [1.165, 1.54) is 0 Å². The highest BCUT2D eigenvalue weighted by atomic mass is 19.4. The molecule has 132 valence electrons. The summed E-state index contributed by atoms with van der Waals surface area (Å²) >= 11 is 0. The highest BCUT2D eigenvalue weighted by molar-refractivity contribution is 5.65. The van der Waals surface area contributed by atoms with Gasteiger partial charge in [-0.3, -0.25) is 9.53 Å². The van der Waals surface area contributed by atoms with Crippen LogP contribution in [0.5, 0.6) is 0 Å². The molecule has 0 aromatic rings. The van der Waals surface area contributed by atoms with Crippen molar-refractivity contribution in [1.29, 1.82) is 0 Å². The van der Waals surface area contributed by atoms with Crippen LogP contribution < -0.4 is 0 Å². The second-order valence-electron chi connectivity index (χ2n) is 3.70. The second-order valence-corrected chi connectivity index (χ2v) is 3.70. The average molecular weight is 358 g/mol. The SMILES string of the molecule is CC(=O)OCC(F)(OC(F)(F)C(F)(F)C(F)(F)F)C(F)(F)F. The Labute approximate surface area is 114 Å². The molecular weight excluding hydrogens is 353 g/mol. The third-order valence-electron chi connectivity index (χ3n) is 1.90. The van der Waals surface area contributed by atoms with E-state index < -0.39 is 42.8 Å². The maximum Gasteiger partial charge on any atom is 0.462 e. The average Bonchev–Trinajstić information content (AvgIpc) is 2.22. The van der Waals surface area contributed by atoms with Gasteiger partial charge in [0.2, 0.25) is 0 Å². The van der Waals surface area contributed by atoms with Gasteiger partial charge < -0.3 is 4.74 Å². The molecule has 0 N–H and O–H groups in total. The van der Waals surface area contributed by atoms with Crippen LogP contribution in [0.25, 0.3) is 0 Å². The summed E-state index contributed by atoms with van der Waals surface area (Å²) in [5.41, 5.74) is 0. The van der Waals surface area contributed by atoms with Crippen molar-refractivity contribution in [2.24, 2.45) is 0 Å². The Bertz CT molecular complexity index is 413. The molecule has 3 nitrogen and oxygen atoms in total. The first kappa shape index (κ1) is 20.7. The van der Waals surface area contributed by atoms with Crippen molar-refractivity contribution in [3.63, 3.8) is 0 Å². The van der Waals surface area contributed by atoms with Gasteiger partial charge >= 0.3 is 36.2 Å². The molecular formula is C8H5F11O3.